The van der Waals surface area contributed by atoms with E-state index in [-0.39, 0.29) is 0 Å². The Morgan fingerprint density at radius 2 is 2.27 bits per heavy atom. The van der Waals surface area contributed by atoms with Gasteiger partial charge in [-0.3, -0.25) is 4.79 Å². The zero-order valence-electron chi connectivity index (χ0n) is 6.93. The summed E-state index contributed by atoms with van der Waals surface area (Å²) < 4.78 is 11.2. The van der Waals surface area contributed by atoms with Crippen molar-refractivity contribution in [3.05, 3.63) is 0 Å². The van der Waals surface area contributed by atoms with E-state index in [4.69, 9.17) is 16.4 Å². The fourth-order valence-corrected chi connectivity index (χ4v) is 0.907. The second-order valence-electron chi connectivity index (χ2n) is 2.51. The van der Waals surface area contributed by atoms with E-state index in [1.165, 1.54) is 6.92 Å². The summed E-state index contributed by atoms with van der Waals surface area (Å²) in [5.41, 5.74) is 0. The number of aliphatic hydroxyl groups is 3. The molecule has 4 atom stereocenters. The lowest BCUT2D eigenvalue weighted by Crippen LogP contribution is -2.53. The molecule has 1 aliphatic rings. The van der Waals surface area contributed by atoms with Crippen molar-refractivity contribution in [2.75, 3.05) is 0 Å². The van der Waals surface area contributed by atoms with Crippen LogP contribution in [0.15, 0.2) is 0 Å². The highest BCUT2D eigenvalue weighted by molar-refractivity contribution is 5.87. The fourth-order valence-electron chi connectivity index (χ4n) is 0.907. The summed E-state index contributed by atoms with van der Waals surface area (Å²) in [6.45, 7) is 1.48. The van der Waals surface area contributed by atoms with Gasteiger partial charge in [0.15, 0.2) is 0 Å². The van der Waals surface area contributed by atoms with Crippen LogP contribution in [0.2, 0.25) is 0 Å². The second-order valence-corrected chi connectivity index (χ2v) is 2.51. The van der Waals surface area contributed by atoms with Gasteiger partial charge in [-0.1, -0.05) is 0 Å². The largest absolute Gasteiger partial charge is 0.387 e. The molecular weight excluding hydrogens is 152 g/mol. The van der Waals surface area contributed by atoms with Gasteiger partial charge in [0.25, 0.3) is 0 Å². The summed E-state index contributed by atoms with van der Waals surface area (Å²) in [5, 5.41) is 22.1. The van der Waals surface area contributed by atoms with Gasteiger partial charge in [0.1, 0.15) is 12.2 Å². The molecule has 0 radical (unpaired) electrons. The van der Waals surface area contributed by atoms with Crippen LogP contribution in [0.5, 0.6) is 0 Å². The Bertz CT molecular complexity index is 181. The van der Waals surface area contributed by atoms with Crippen LogP contribution in [0.1, 0.15) is 6.92 Å². The number of carbonyl (C=O) groups is 1. The molecule has 0 aromatic carbocycles. The maximum absolute atomic E-state index is 10.9. The summed E-state index contributed by atoms with van der Waals surface area (Å²) in [5.74, 6) is -0.824. The van der Waals surface area contributed by atoms with Crippen LogP contribution in [0.25, 0.3) is 0 Å². The lowest BCUT2D eigenvalue weighted by atomic mass is 10.0. The van der Waals surface area contributed by atoms with Gasteiger partial charge in [-0.2, -0.15) is 0 Å². The van der Waals surface area contributed by atoms with E-state index in [1.807, 2.05) is 0 Å². The van der Waals surface area contributed by atoms with Crippen molar-refractivity contribution in [2.45, 2.75) is 31.5 Å². The third-order valence-electron chi connectivity index (χ3n) is 1.67. The molecule has 0 aromatic rings. The number of Topliss-reactive ketones (excluding diaryl/α,β-unsaturated/α-hetero) is 1. The zero-order valence-corrected chi connectivity index (χ0v) is 5.93. The Kier molecular flexibility index (Phi) is 1.87. The van der Waals surface area contributed by atoms with Crippen LogP contribution in [0, 0.1) is 0 Å². The van der Waals surface area contributed by atoms with E-state index in [1.54, 1.807) is 0 Å². The average molecular weight is 164 g/mol. The van der Waals surface area contributed by atoms with E-state index >= 15 is 0 Å². The molecule has 1 rings (SSSR count). The highest BCUT2D eigenvalue weighted by Crippen LogP contribution is 2.15. The van der Waals surface area contributed by atoms with Crippen molar-refractivity contribution in [1.29, 1.82) is 1.43 Å². The van der Waals surface area contributed by atoms with Crippen molar-refractivity contribution in [1.82, 2.24) is 0 Å². The highest BCUT2D eigenvalue weighted by atomic mass is 16.6. The number of hydrogen-bond acceptors (Lipinski definition) is 5. The molecule has 5 nitrogen and oxygen atoms in total. The van der Waals surface area contributed by atoms with Crippen LogP contribution in [0.3, 0.4) is 0 Å². The minimum atomic E-state index is -1.52. The van der Waals surface area contributed by atoms with E-state index < -0.39 is 30.4 Å². The lowest BCUT2D eigenvalue weighted by Gasteiger charge is -2.31. The van der Waals surface area contributed by atoms with Gasteiger partial charge >= 0.3 is 0 Å². The summed E-state index contributed by atoms with van der Waals surface area (Å²) in [6, 6.07) is 0. The molecule has 1 aliphatic heterocycles. The van der Waals surface area contributed by atoms with E-state index in [0.29, 0.717) is 0 Å². The molecule has 2 unspecified atom stereocenters. The molecule has 0 spiro atoms. The predicted molar refractivity (Wildman–Crippen MR) is 33.6 cm³/mol. The van der Waals surface area contributed by atoms with Crippen molar-refractivity contribution in [2.24, 2.45) is 0 Å². The maximum Gasteiger partial charge on any atom is 0.219 e. The van der Waals surface area contributed by atoms with Crippen molar-refractivity contribution < 1.29 is 24.9 Å². The first kappa shape index (κ1) is 7.17. The average Bonchev–Trinajstić information content (AvgIpc) is 2.08. The van der Waals surface area contributed by atoms with Crippen LogP contribution in [-0.2, 0) is 9.53 Å². The van der Waals surface area contributed by atoms with Gasteiger partial charge in [0, 0.05) is 0 Å². The molecule has 11 heavy (non-hydrogen) atoms. The van der Waals surface area contributed by atoms with Gasteiger partial charge in [-0.25, -0.2) is 0 Å². The molecule has 0 amide bonds. The van der Waals surface area contributed by atoms with Crippen LogP contribution in [-0.4, -0.2) is 47.1 Å². The topological polar surface area (TPSA) is 87.0 Å². The van der Waals surface area contributed by atoms with Gasteiger partial charge in [-0.05, 0) is 6.92 Å². The number of ether oxygens (including phenoxy) is 1. The molecule has 3 N–H and O–H groups in total. The molecule has 1 heterocycles. The Balaban J connectivity index is 2.70. The quantitative estimate of drug-likeness (QED) is 0.418. The first-order valence-corrected chi connectivity index (χ1v) is 3.25. The van der Waals surface area contributed by atoms with Crippen molar-refractivity contribution in [3.8, 4) is 0 Å². The summed E-state index contributed by atoms with van der Waals surface area (Å²) >= 11 is 0. The summed E-state index contributed by atoms with van der Waals surface area (Å²) in [4.78, 5) is 10.9. The fraction of sp³-hybridized carbons (Fsp3) is 0.833. The third-order valence-corrected chi connectivity index (χ3v) is 1.67. The SMILES string of the molecule is [3H]O[C@H]1OC(C)[C@@H](O)C(O)C1=O. The van der Waals surface area contributed by atoms with Crippen LogP contribution in [0.4, 0.5) is 0 Å². The number of rotatable bonds is 1. The van der Waals surface area contributed by atoms with E-state index in [2.05, 4.69) is 5.11 Å². The van der Waals surface area contributed by atoms with Crippen molar-refractivity contribution >= 4 is 5.78 Å². The van der Waals surface area contributed by atoms with E-state index in [9.17, 15) is 4.79 Å². The van der Waals surface area contributed by atoms with Gasteiger partial charge < -0.3 is 20.1 Å². The minimum absolute atomic E-state index is 0.715. The smallest absolute Gasteiger partial charge is 0.219 e. The monoisotopic (exact) mass is 164 g/mol. The number of ketones is 1. The summed E-state index contributed by atoms with van der Waals surface area (Å²) in [6.07, 6.45) is -4.88. The van der Waals surface area contributed by atoms with Gasteiger partial charge in [0.2, 0.25) is 13.5 Å². The molecule has 0 aliphatic carbocycles. The maximum atomic E-state index is 10.9. The standard InChI is InChI=1S/C6H10O5/c1-2-3(7)4(8)5(9)6(10)11-2/h2-4,6-8,10H,1H3/t2?,3-,4?,6+/m1/s1/i10T. The molecule has 0 saturated carbocycles. The Morgan fingerprint density at radius 1 is 1.64 bits per heavy atom. The van der Waals surface area contributed by atoms with Crippen LogP contribution >= 0.6 is 0 Å². The zero-order chi connectivity index (χ0) is 9.30. The highest BCUT2D eigenvalue weighted by Gasteiger charge is 2.40. The minimum Gasteiger partial charge on any atom is -0.387 e. The second kappa shape index (κ2) is 2.86. The Labute approximate surface area is 64.7 Å². The Morgan fingerprint density at radius 3 is 2.82 bits per heavy atom. The number of aliphatic hydroxyl groups excluding tert-OH is 3. The molecule has 1 saturated heterocycles. The molecule has 5 heteroatoms. The van der Waals surface area contributed by atoms with Crippen molar-refractivity contribution in [3.63, 3.8) is 0 Å². The molecular formula is C6H10O5. The van der Waals surface area contributed by atoms with Gasteiger partial charge in [-0.15, -0.1) is 0 Å². The predicted octanol–water partition coefficient (Wildman–Crippen LogP) is -1.99. The first-order chi connectivity index (χ1) is 5.57. The molecule has 1 fully saturated rings. The number of hydrogen-bond donors (Lipinski definition) is 3. The van der Waals surface area contributed by atoms with Crippen LogP contribution < -0.4 is 0 Å². The summed E-state index contributed by atoms with van der Waals surface area (Å²) in [7, 11) is 0. The normalized spacial score (nSPS) is 47.2. The molecule has 64 valence electrons. The molecule has 0 bridgehead atoms. The molecule has 0 aromatic heterocycles. The Hall–Kier alpha value is -0.490. The lowest BCUT2D eigenvalue weighted by molar-refractivity contribution is -0.217. The third kappa shape index (κ3) is 1.41. The number of carbonyl (C=O) groups excluding carboxylic acids is 1. The first-order valence-electron chi connectivity index (χ1n) is 3.66. The van der Waals surface area contributed by atoms with Gasteiger partial charge in [0.05, 0.1) is 6.10 Å². The van der Waals surface area contributed by atoms with E-state index in [0.717, 1.165) is 0 Å².